The van der Waals surface area contributed by atoms with E-state index in [0.717, 1.165) is 42.4 Å². The number of aromatic nitrogens is 2. The van der Waals surface area contributed by atoms with Gasteiger partial charge in [0, 0.05) is 30.5 Å². The highest BCUT2D eigenvalue weighted by Gasteiger charge is 2.22. The quantitative estimate of drug-likeness (QED) is 0.875. The molecule has 0 radical (unpaired) electrons. The summed E-state index contributed by atoms with van der Waals surface area (Å²) in [4.78, 5) is 7.07. The molecule has 0 aromatic carbocycles. The fraction of sp³-hybridized carbons (Fsp3) is 0.867. The van der Waals surface area contributed by atoms with E-state index < -0.39 is 0 Å². The molecule has 5 heteroatoms. The maximum absolute atomic E-state index is 4.66. The van der Waals surface area contributed by atoms with E-state index in [1.807, 2.05) is 0 Å². The summed E-state index contributed by atoms with van der Waals surface area (Å²) in [6.07, 6.45) is 2.53. The second-order valence-corrected chi connectivity index (χ2v) is 7.30. The average molecular weight is 296 g/mol. The molecular formula is C15H28N4S. The summed E-state index contributed by atoms with van der Waals surface area (Å²) >= 11 is 1.56. The van der Waals surface area contributed by atoms with Gasteiger partial charge in [0.2, 0.25) is 5.13 Å². The second-order valence-electron chi connectivity index (χ2n) is 6.57. The van der Waals surface area contributed by atoms with Crippen LogP contribution in [-0.4, -0.2) is 35.5 Å². The lowest BCUT2D eigenvalue weighted by molar-refractivity contribution is 0.374. The molecule has 1 fully saturated rings. The zero-order chi connectivity index (χ0) is 14.5. The highest BCUT2D eigenvalue weighted by Crippen LogP contribution is 2.26. The third-order valence-electron chi connectivity index (χ3n) is 3.82. The van der Waals surface area contributed by atoms with Crippen LogP contribution < -0.4 is 10.2 Å². The molecule has 1 saturated heterocycles. The van der Waals surface area contributed by atoms with E-state index in [1.54, 1.807) is 11.5 Å². The van der Waals surface area contributed by atoms with Crippen LogP contribution in [0.4, 0.5) is 5.13 Å². The van der Waals surface area contributed by atoms with Crippen molar-refractivity contribution in [1.82, 2.24) is 14.7 Å². The summed E-state index contributed by atoms with van der Waals surface area (Å²) in [7, 11) is 0. The van der Waals surface area contributed by atoms with Crippen LogP contribution in [0.1, 0.15) is 52.3 Å². The maximum atomic E-state index is 4.66. The number of anilines is 1. The fourth-order valence-electron chi connectivity index (χ4n) is 2.49. The van der Waals surface area contributed by atoms with E-state index in [-0.39, 0.29) is 0 Å². The van der Waals surface area contributed by atoms with Crippen molar-refractivity contribution in [2.24, 2.45) is 11.8 Å². The second kappa shape index (κ2) is 7.36. The molecule has 0 bridgehead atoms. The lowest BCUT2D eigenvalue weighted by Crippen LogP contribution is -2.37. The average Bonchev–Trinajstić information content (AvgIpc) is 2.89. The molecule has 1 aliphatic heterocycles. The lowest BCUT2D eigenvalue weighted by Gasteiger charge is -2.31. The number of hydrogen-bond donors (Lipinski definition) is 1. The third-order valence-corrected chi connectivity index (χ3v) is 4.61. The Hall–Kier alpha value is -0.680. The number of piperidine rings is 1. The van der Waals surface area contributed by atoms with Crippen LogP contribution in [0.2, 0.25) is 0 Å². The normalized spacial score (nSPS) is 17.4. The van der Waals surface area contributed by atoms with Crippen molar-refractivity contribution in [3.8, 4) is 0 Å². The molecule has 0 aliphatic carbocycles. The maximum Gasteiger partial charge on any atom is 0.205 e. The number of nitrogens with zero attached hydrogens (tertiary/aromatic N) is 3. The Morgan fingerprint density at radius 1 is 1.25 bits per heavy atom. The van der Waals surface area contributed by atoms with Crippen molar-refractivity contribution in [1.29, 1.82) is 0 Å². The first-order chi connectivity index (χ1) is 9.56. The summed E-state index contributed by atoms with van der Waals surface area (Å²) in [5, 5.41) is 4.70. The minimum Gasteiger partial charge on any atom is -0.347 e. The van der Waals surface area contributed by atoms with Gasteiger partial charge in [-0.3, -0.25) is 0 Å². The van der Waals surface area contributed by atoms with Crippen LogP contribution in [0.3, 0.4) is 0 Å². The first-order valence-corrected chi connectivity index (χ1v) is 8.63. The predicted octanol–water partition coefficient (Wildman–Crippen LogP) is 3.12. The predicted molar refractivity (Wildman–Crippen MR) is 86.6 cm³/mol. The van der Waals surface area contributed by atoms with Gasteiger partial charge in [-0.1, -0.05) is 27.7 Å². The van der Waals surface area contributed by atoms with Crippen molar-refractivity contribution in [2.75, 3.05) is 31.1 Å². The molecule has 1 N–H and O–H groups in total. The fourth-order valence-corrected chi connectivity index (χ4v) is 3.35. The van der Waals surface area contributed by atoms with Gasteiger partial charge in [0.05, 0.1) is 0 Å². The summed E-state index contributed by atoms with van der Waals surface area (Å²) in [6.45, 7) is 13.4. The standard InChI is InChI=1S/C15H28N4S/c1-11(2)9-16-10-13-5-7-19(8-6-13)15-17-14(12(3)4)18-20-15/h11-13,16H,5-10H2,1-4H3. The van der Waals surface area contributed by atoms with Crippen LogP contribution in [0.15, 0.2) is 0 Å². The van der Waals surface area contributed by atoms with E-state index in [0.29, 0.717) is 5.92 Å². The van der Waals surface area contributed by atoms with Crippen LogP contribution in [0.5, 0.6) is 0 Å². The Morgan fingerprint density at radius 3 is 2.50 bits per heavy atom. The molecule has 1 aromatic heterocycles. The van der Waals surface area contributed by atoms with Crippen molar-refractivity contribution >= 4 is 16.7 Å². The minimum absolute atomic E-state index is 0.428. The molecule has 1 aromatic rings. The molecule has 20 heavy (non-hydrogen) atoms. The van der Waals surface area contributed by atoms with Gasteiger partial charge < -0.3 is 10.2 Å². The van der Waals surface area contributed by atoms with E-state index in [1.165, 1.54) is 19.4 Å². The molecule has 0 spiro atoms. The van der Waals surface area contributed by atoms with Gasteiger partial charge in [-0.25, -0.2) is 4.98 Å². The first kappa shape index (κ1) is 15.7. The Balaban J connectivity index is 1.76. The highest BCUT2D eigenvalue weighted by atomic mass is 32.1. The monoisotopic (exact) mass is 296 g/mol. The minimum atomic E-state index is 0.428. The molecule has 0 saturated carbocycles. The van der Waals surface area contributed by atoms with Crippen molar-refractivity contribution in [2.45, 2.75) is 46.5 Å². The SMILES string of the molecule is CC(C)CNCC1CCN(c2nc(C(C)C)ns2)CC1. The summed E-state index contributed by atoms with van der Waals surface area (Å²) in [5.74, 6) is 2.98. The summed E-state index contributed by atoms with van der Waals surface area (Å²) in [5.41, 5.74) is 0. The zero-order valence-corrected chi connectivity index (χ0v) is 14.0. The number of rotatable bonds is 6. The number of nitrogens with one attached hydrogen (secondary N) is 1. The third kappa shape index (κ3) is 4.42. The molecule has 0 atom stereocenters. The van der Waals surface area contributed by atoms with Gasteiger partial charge in [-0.15, -0.1) is 0 Å². The van der Waals surface area contributed by atoms with Gasteiger partial charge in [0.25, 0.3) is 0 Å². The van der Waals surface area contributed by atoms with Gasteiger partial charge in [-0.05, 0) is 37.8 Å². The summed E-state index contributed by atoms with van der Waals surface area (Å²) in [6, 6.07) is 0. The number of hydrogen-bond acceptors (Lipinski definition) is 5. The zero-order valence-electron chi connectivity index (χ0n) is 13.2. The van der Waals surface area contributed by atoms with Crippen LogP contribution >= 0.6 is 11.5 Å². The Kier molecular flexibility index (Phi) is 5.78. The molecule has 2 rings (SSSR count). The van der Waals surface area contributed by atoms with Crippen molar-refractivity contribution < 1.29 is 0 Å². The highest BCUT2D eigenvalue weighted by molar-refractivity contribution is 7.09. The molecule has 0 unspecified atom stereocenters. The van der Waals surface area contributed by atoms with Crippen LogP contribution in [0.25, 0.3) is 0 Å². The topological polar surface area (TPSA) is 41.0 Å². The van der Waals surface area contributed by atoms with E-state index in [4.69, 9.17) is 0 Å². The molecule has 0 amide bonds. The molecule has 114 valence electrons. The van der Waals surface area contributed by atoms with E-state index in [9.17, 15) is 0 Å². The lowest BCUT2D eigenvalue weighted by atomic mass is 9.97. The van der Waals surface area contributed by atoms with Gasteiger partial charge in [-0.2, -0.15) is 4.37 Å². The first-order valence-electron chi connectivity index (χ1n) is 7.85. The molecule has 2 heterocycles. The molecular weight excluding hydrogens is 268 g/mol. The van der Waals surface area contributed by atoms with Gasteiger partial charge >= 0.3 is 0 Å². The van der Waals surface area contributed by atoms with E-state index in [2.05, 4.69) is 47.3 Å². The van der Waals surface area contributed by atoms with E-state index >= 15 is 0 Å². The van der Waals surface area contributed by atoms with Crippen LogP contribution in [0, 0.1) is 11.8 Å². The van der Waals surface area contributed by atoms with Crippen molar-refractivity contribution in [3.63, 3.8) is 0 Å². The summed E-state index contributed by atoms with van der Waals surface area (Å²) < 4.78 is 4.46. The Labute approximate surface area is 127 Å². The molecule has 1 aliphatic rings. The molecule has 4 nitrogen and oxygen atoms in total. The largest absolute Gasteiger partial charge is 0.347 e. The Bertz CT molecular complexity index is 394. The van der Waals surface area contributed by atoms with Gasteiger partial charge in [0.15, 0.2) is 0 Å². The Morgan fingerprint density at radius 2 is 1.95 bits per heavy atom. The van der Waals surface area contributed by atoms with Gasteiger partial charge in [0.1, 0.15) is 5.82 Å². The van der Waals surface area contributed by atoms with Crippen LogP contribution in [-0.2, 0) is 0 Å². The van der Waals surface area contributed by atoms with Crippen molar-refractivity contribution in [3.05, 3.63) is 5.82 Å². The smallest absolute Gasteiger partial charge is 0.205 e.